The van der Waals surface area contributed by atoms with Gasteiger partial charge in [0.2, 0.25) is 10.0 Å². The van der Waals surface area contributed by atoms with E-state index in [0.717, 1.165) is 23.5 Å². The maximum Gasteiger partial charge on any atom is 0.241 e. The standard InChI is InChI=1S/C14H22N2O2S2/c1-11(2)15-9-12-5-3-4-6-14(12)20(17,18)16-13-7-8-19-10-13/h3-6,11,13,15-16H,7-10H2,1-2H3. The van der Waals surface area contributed by atoms with Gasteiger partial charge in [-0.1, -0.05) is 32.0 Å². The van der Waals surface area contributed by atoms with E-state index in [0.29, 0.717) is 17.5 Å². The van der Waals surface area contributed by atoms with E-state index in [1.54, 1.807) is 23.9 Å². The fraction of sp³-hybridized carbons (Fsp3) is 0.571. The Morgan fingerprint density at radius 2 is 2.10 bits per heavy atom. The van der Waals surface area contributed by atoms with Crippen LogP contribution in [0.25, 0.3) is 0 Å². The highest BCUT2D eigenvalue weighted by molar-refractivity contribution is 7.99. The molecule has 4 nitrogen and oxygen atoms in total. The van der Waals surface area contributed by atoms with Crippen molar-refractivity contribution < 1.29 is 8.42 Å². The van der Waals surface area contributed by atoms with Gasteiger partial charge in [0.1, 0.15) is 0 Å². The lowest BCUT2D eigenvalue weighted by molar-refractivity contribution is 0.555. The smallest absolute Gasteiger partial charge is 0.241 e. The molecule has 6 heteroatoms. The first-order valence-corrected chi connectivity index (χ1v) is 9.54. The van der Waals surface area contributed by atoms with E-state index in [-0.39, 0.29) is 6.04 Å². The summed E-state index contributed by atoms with van der Waals surface area (Å²) in [6.07, 6.45) is 0.913. The van der Waals surface area contributed by atoms with Crippen molar-refractivity contribution >= 4 is 21.8 Å². The van der Waals surface area contributed by atoms with Gasteiger partial charge in [0.15, 0.2) is 0 Å². The Balaban J connectivity index is 2.17. The summed E-state index contributed by atoms with van der Waals surface area (Å²) in [7, 11) is -3.43. The van der Waals surface area contributed by atoms with Crippen LogP contribution in [0.1, 0.15) is 25.8 Å². The van der Waals surface area contributed by atoms with E-state index in [9.17, 15) is 8.42 Å². The van der Waals surface area contributed by atoms with Crippen LogP contribution in [-0.4, -0.2) is 32.0 Å². The van der Waals surface area contributed by atoms with Gasteiger partial charge in [-0.15, -0.1) is 0 Å². The molecule has 0 aromatic heterocycles. The lowest BCUT2D eigenvalue weighted by Gasteiger charge is -2.16. The molecule has 0 bridgehead atoms. The van der Waals surface area contributed by atoms with E-state index in [2.05, 4.69) is 10.0 Å². The van der Waals surface area contributed by atoms with Gasteiger partial charge >= 0.3 is 0 Å². The summed E-state index contributed by atoms with van der Waals surface area (Å²) in [4.78, 5) is 0.394. The van der Waals surface area contributed by atoms with Crippen molar-refractivity contribution in [2.45, 2.75) is 43.8 Å². The highest BCUT2D eigenvalue weighted by Gasteiger charge is 2.24. The number of sulfonamides is 1. The summed E-state index contributed by atoms with van der Waals surface area (Å²) >= 11 is 1.80. The van der Waals surface area contributed by atoms with Gasteiger partial charge in [0.05, 0.1) is 4.90 Å². The normalized spacial score (nSPS) is 19.6. The molecule has 1 aliphatic rings. The zero-order chi connectivity index (χ0) is 14.6. The quantitative estimate of drug-likeness (QED) is 0.843. The fourth-order valence-corrected chi connectivity index (χ4v) is 4.90. The molecule has 2 N–H and O–H groups in total. The molecule has 1 fully saturated rings. The second-order valence-corrected chi connectivity index (χ2v) is 8.16. The lowest BCUT2D eigenvalue weighted by atomic mass is 10.2. The lowest BCUT2D eigenvalue weighted by Crippen LogP contribution is -2.35. The molecule has 1 aromatic carbocycles. The Bertz CT molecular complexity index is 538. The van der Waals surface area contributed by atoms with Gasteiger partial charge in [-0.05, 0) is 23.8 Å². The zero-order valence-electron chi connectivity index (χ0n) is 11.9. The molecule has 0 amide bonds. The van der Waals surface area contributed by atoms with Crippen molar-refractivity contribution in [3.8, 4) is 0 Å². The third-order valence-corrected chi connectivity index (χ3v) is 6.00. The first-order valence-electron chi connectivity index (χ1n) is 6.90. The van der Waals surface area contributed by atoms with Crippen LogP contribution in [0.4, 0.5) is 0 Å². The maximum atomic E-state index is 12.5. The fourth-order valence-electron chi connectivity index (χ4n) is 2.14. The van der Waals surface area contributed by atoms with Gasteiger partial charge in [0.25, 0.3) is 0 Å². The number of rotatable bonds is 6. The Morgan fingerprint density at radius 3 is 2.75 bits per heavy atom. The number of nitrogens with one attached hydrogen (secondary N) is 2. The number of hydrogen-bond acceptors (Lipinski definition) is 4. The Kier molecular flexibility index (Phi) is 5.49. The van der Waals surface area contributed by atoms with Gasteiger partial charge in [0, 0.05) is 24.4 Å². The van der Waals surface area contributed by atoms with Crippen molar-refractivity contribution in [1.29, 1.82) is 0 Å². The van der Waals surface area contributed by atoms with Gasteiger partial charge < -0.3 is 5.32 Å². The Labute approximate surface area is 125 Å². The highest BCUT2D eigenvalue weighted by atomic mass is 32.2. The highest BCUT2D eigenvalue weighted by Crippen LogP contribution is 2.21. The maximum absolute atomic E-state index is 12.5. The minimum atomic E-state index is -3.43. The van der Waals surface area contributed by atoms with Gasteiger partial charge in [-0.3, -0.25) is 0 Å². The average molecular weight is 314 g/mol. The molecule has 1 aliphatic heterocycles. The molecule has 1 saturated heterocycles. The third kappa shape index (κ3) is 4.22. The molecule has 0 saturated carbocycles. The molecule has 1 aromatic rings. The minimum absolute atomic E-state index is 0.0658. The molecule has 1 unspecified atom stereocenters. The van der Waals surface area contributed by atoms with Crippen LogP contribution in [0, 0.1) is 0 Å². The third-order valence-electron chi connectivity index (χ3n) is 3.21. The van der Waals surface area contributed by atoms with Crippen LogP contribution in [-0.2, 0) is 16.6 Å². The first kappa shape index (κ1) is 15.8. The Hall–Kier alpha value is -0.560. The van der Waals surface area contributed by atoms with E-state index in [4.69, 9.17) is 0 Å². The summed E-state index contributed by atoms with van der Waals surface area (Å²) in [6.45, 7) is 4.66. The molecule has 20 heavy (non-hydrogen) atoms. The number of hydrogen-bond donors (Lipinski definition) is 2. The zero-order valence-corrected chi connectivity index (χ0v) is 13.6. The number of thioether (sulfide) groups is 1. The molecule has 2 rings (SSSR count). The summed E-state index contributed by atoms with van der Waals surface area (Å²) < 4.78 is 27.8. The van der Waals surface area contributed by atoms with Gasteiger partial charge in [-0.25, -0.2) is 13.1 Å². The van der Waals surface area contributed by atoms with E-state index in [1.807, 2.05) is 26.0 Å². The molecule has 0 aliphatic carbocycles. The second-order valence-electron chi connectivity index (χ2n) is 5.33. The van der Waals surface area contributed by atoms with Gasteiger partial charge in [-0.2, -0.15) is 11.8 Å². The van der Waals surface area contributed by atoms with Crippen molar-refractivity contribution in [3.05, 3.63) is 29.8 Å². The molecule has 0 radical (unpaired) electrons. The second kappa shape index (κ2) is 6.93. The van der Waals surface area contributed by atoms with Crippen LogP contribution in [0.15, 0.2) is 29.2 Å². The largest absolute Gasteiger partial charge is 0.310 e. The van der Waals surface area contributed by atoms with Crippen LogP contribution < -0.4 is 10.0 Å². The van der Waals surface area contributed by atoms with Crippen molar-refractivity contribution in [2.24, 2.45) is 0 Å². The van der Waals surface area contributed by atoms with Crippen LogP contribution in [0.2, 0.25) is 0 Å². The van der Waals surface area contributed by atoms with Crippen LogP contribution >= 0.6 is 11.8 Å². The molecule has 1 heterocycles. The van der Waals surface area contributed by atoms with E-state index >= 15 is 0 Å². The monoisotopic (exact) mass is 314 g/mol. The predicted octanol–water partition coefficient (Wildman–Crippen LogP) is 1.97. The topological polar surface area (TPSA) is 58.2 Å². The minimum Gasteiger partial charge on any atom is -0.310 e. The molecule has 0 spiro atoms. The first-order chi connectivity index (χ1) is 9.49. The van der Waals surface area contributed by atoms with E-state index < -0.39 is 10.0 Å². The summed E-state index contributed by atoms with van der Waals surface area (Å²) in [6, 6.07) is 7.59. The van der Waals surface area contributed by atoms with Crippen LogP contribution in [0.5, 0.6) is 0 Å². The predicted molar refractivity (Wildman–Crippen MR) is 84.5 cm³/mol. The molecular formula is C14H22N2O2S2. The Morgan fingerprint density at radius 1 is 1.35 bits per heavy atom. The van der Waals surface area contributed by atoms with Crippen molar-refractivity contribution in [3.63, 3.8) is 0 Å². The summed E-state index contributed by atoms with van der Waals surface area (Å²) in [5, 5.41) is 3.27. The van der Waals surface area contributed by atoms with E-state index in [1.165, 1.54) is 0 Å². The SMILES string of the molecule is CC(C)NCc1ccccc1S(=O)(=O)NC1CCSC1. The molecular weight excluding hydrogens is 292 g/mol. The molecule has 1 atom stereocenters. The van der Waals surface area contributed by atoms with Crippen LogP contribution in [0.3, 0.4) is 0 Å². The van der Waals surface area contributed by atoms with Crippen molar-refractivity contribution in [1.82, 2.24) is 10.0 Å². The molecule has 112 valence electrons. The van der Waals surface area contributed by atoms with Crippen molar-refractivity contribution in [2.75, 3.05) is 11.5 Å². The number of benzene rings is 1. The summed E-state index contributed by atoms with van der Waals surface area (Å²) in [5.41, 5.74) is 0.819. The summed E-state index contributed by atoms with van der Waals surface area (Å²) in [5.74, 6) is 1.90. The average Bonchev–Trinajstić information content (AvgIpc) is 2.88.